The number of rotatable bonds is 6. The predicted octanol–water partition coefficient (Wildman–Crippen LogP) is 4.65. The molecule has 1 atom stereocenters. The number of carbonyl (C=O) groups is 2. The lowest BCUT2D eigenvalue weighted by molar-refractivity contribution is -0.146. The van der Waals surface area contributed by atoms with Gasteiger partial charge in [0.25, 0.3) is 0 Å². The highest BCUT2D eigenvalue weighted by Crippen LogP contribution is 2.38. The van der Waals surface area contributed by atoms with E-state index in [0.29, 0.717) is 19.0 Å². The van der Waals surface area contributed by atoms with Crippen molar-refractivity contribution in [1.82, 2.24) is 9.80 Å². The lowest BCUT2D eigenvalue weighted by atomic mass is 9.84. The van der Waals surface area contributed by atoms with Crippen molar-refractivity contribution in [2.75, 3.05) is 19.6 Å². The molecule has 1 unspecified atom stereocenters. The Morgan fingerprint density at radius 2 is 1.93 bits per heavy atom. The van der Waals surface area contributed by atoms with Crippen LogP contribution in [0.2, 0.25) is 0 Å². The van der Waals surface area contributed by atoms with Gasteiger partial charge in [0.15, 0.2) is 0 Å². The molecule has 4 rings (SSSR count). The maximum atomic E-state index is 13.5. The normalized spacial score (nSPS) is 18.8. The van der Waals surface area contributed by atoms with E-state index in [0.717, 1.165) is 36.8 Å². The first-order valence-corrected chi connectivity index (χ1v) is 11.7. The molecule has 1 aromatic carbocycles. The van der Waals surface area contributed by atoms with E-state index in [2.05, 4.69) is 25.3 Å². The van der Waals surface area contributed by atoms with Crippen molar-refractivity contribution in [2.24, 2.45) is 11.8 Å². The Morgan fingerprint density at radius 1 is 1.20 bits per heavy atom. The molecule has 1 aromatic heterocycles. The lowest BCUT2D eigenvalue weighted by Crippen LogP contribution is -2.49. The summed E-state index contributed by atoms with van der Waals surface area (Å²) in [5.74, 6) is 0.186. The number of nitrogens with zero attached hydrogens (tertiary/aromatic N) is 2. The number of halogens is 1. The third-order valence-electron chi connectivity index (χ3n) is 6.15. The van der Waals surface area contributed by atoms with E-state index in [1.165, 1.54) is 17.0 Å². The highest BCUT2D eigenvalue weighted by atomic mass is 32.1. The maximum absolute atomic E-state index is 13.5. The van der Waals surface area contributed by atoms with Gasteiger partial charge < -0.3 is 9.80 Å². The molecule has 0 saturated heterocycles. The fourth-order valence-electron chi connectivity index (χ4n) is 4.43. The van der Waals surface area contributed by atoms with Crippen molar-refractivity contribution < 1.29 is 14.0 Å². The molecule has 4 nitrogen and oxygen atoms in total. The van der Waals surface area contributed by atoms with Crippen molar-refractivity contribution in [1.29, 1.82) is 0 Å². The van der Waals surface area contributed by atoms with Crippen molar-refractivity contribution in [3.8, 4) is 0 Å². The second-order valence-corrected chi connectivity index (χ2v) is 9.83. The molecule has 2 aliphatic rings. The Labute approximate surface area is 181 Å². The van der Waals surface area contributed by atoms with Crippen molar-refractivity contribution in [3.05, 3.63) is 57.5 Å². The highest BCUT2D eigenvalue weighted by molar-refractivity contribution is 7.10. The number of thiophene rings is 1. The summed E-state index contributed by atoms with van der Waals surface area (Å²) in [6.07, 6.45) is 3.78. The zero-order valence-corrected chi connectivity index (χ0v) is 18.5. The van der Waals surface area contributed by atoms with E-state index >= 15 is 0 Å². The quantitative estimate of drug-likeness (QED) is 0.672. The third kappa shape index (κ3) is 4.29. The fraction of sp³-hybridized carbons (Fsp3) is 0.500. The van der Waals surface area contributed by atoms with Gasteiger partial charge in [0.2, 0.25) is 11.8 Å². The Hall–Kier alpha value is -2.21. The molecule has 2 amide bonds. The van der Waals surface area contributed by atoms with E-state index < -0.39 is 0 Å². The van der Waals surface area contributed by atoms with E-state index in [1.807, 2.05) is 4.90 Å². The summed E-state index contributed by atoms with van der Waals surface area (Å²) < 4.78 is 13.5. The fourth-order valence-corrected chi connectivity index (χ4v) is 5.33. The molecule has 30 heavy (non-hydrogen) atoms. The average Bonchev–Trinajstić information content (AvgIpc) is 3.14. The smallest absolute Gasteiger partial charge is 0.242 e. The molecule has 0 radical (unpaired) electrons. The third-order valence-corrected chi connectivity index (χ3v) is 7.15. The summed E-state index contributed by atoms with van der Waals surface area (Å²) in [6, 6.07) is 8.26. The maximum Gasteiger partial charge on any atom is 0.242 e. The molecule has 1 aliphatic carbocycles. The minimum Gasteiger partial charge on any atom is -0.333 e. The SMILES string of the molecule is CC(C)CN(CC(=O)N1CCc2sccc2C1c1ccc(F)cc1)C(=O)C1CCC1. The van der Waals surface area contributed by atoms with Crippen molar-refractivity contribution in [3.63, 3.8) is 0 Å². The Kier molecular flexibility index (Phi) is 6.23. The van der Waals surface area contributed by atoms with Gasteiger partial charge in [0.05, 0.1) is 12.6 Å². The van der Waals surface area contributed by atoms with Crippen LogP contribution in [0.1, 0.15) is 55.2 Å². The molecule has 1 fully saturated rings. The van der Waals surface area contributed by atoms with Gasteiger partial charge >= 0.3 is 0 Å². The first-order chi connectivity index (χ1) is 14.4. The van der Waals surface area contributed by atoms with Crippen LogP contribution in [0.3, 0.4) is 0 Å². The van der Waals surface area contributed by atoms with Crippen molar-refractivity contribution >= 4 is 23.2 Å². The van der Waals surface area contributed by atoms with Crippen LogP contribution in [0.25, 0.3) is 0 Å². The summed E-state index contributed by atoms with van der Waals surface area (Å²) in [7, 11) is 0. The molecule has 6 heteroatoms. The number of benzene rings is 1. The number of hydrogen-bond donors (Lipinski definition) is 0. The topological polar surface area (TPSA) is 40.6 Å². The van der Waals surface area contributed by atoms with Gasteiger partial charge in [-0.15, -0.1) is 11.3 Å². The van der Waals surface area contributed by atoms with Crippen molar-refractivity contribution in [2.45, 2.75) is 45.6 Å². The number of carbonyl (C=O) groups excluding carboxylic acids is 2. The highest BCUT2D eigenvalue weighted by Gasteiger charge is 2.36. The van der Waals surface area contributed by atoms with Crippen LogP contribution in [0.4, 0.5) is 4.39 Å². The second kappa shape index (κ2) is 8.88. The molecule has 1 aliphatic heterocycles. The van der Waals surface area contributed by atoms with Crippen LogP contribution in [0.5, 0.6) is 0 Å². The molecular weight excluding hydrogens is 399 g/mol. The van der Waals surface area contributed by atoms with E-state index in [4.69, 9.17) is 0 Å². The number of amides is 2. The van der Waals surface area contributed by atoms with Gasteiger partial charge in [-0.3, -0.25) is 9.59 Å². The second-order valence-electron chi connectivity index (χ2n) is 8.83. The minimum atomic E-state index is -0.285. The molecule has 0 spiro atoms. The molecule has 2 aromatic rings. The molecular formula is C24H29FN2O2S. The lowest BCUT2D eigenvalue weighted by Gasteiger charge is -2.39. The summed E-state index contributed by atoms with van der Waals surface area (Å²) >= 11 is 1.71. The Morgan fingerprint density at radius 3 is 2.57 bits per heavy atom. The van der Waals surface area contributed by atoms with Crippen LogP contribution in [0.15, 0.2) is 35.7 Å². The standard InChI is InChI=1S/C24H29FN2O2S/c1-16(2)14-26(24(29)18-4-3-5-18)15-22(28)27-12-10-21-20(11-13-30-21)23(27)17-6-8-19(25)9-7-17/h6-9,11,13,16,18,23H,3-5,10,12,14-15H2,1-2H3. The summed E-state index contributed by atoms with van der Waals surface area (Å²) in [4.78, 5) is 31.3. The van der Waals surface area contributed by atoms with Gasteiger partial charge in [0.1, 0.15) is 5.82 Å². The first-order valence-electron chi connectivity index (χ1n) is 10.8. The molecule has 0 N–H and O–H groups in total. The van der Waals surface area contributed by atoms with E-state index in [9.17, 15) is 14.0 Å². The predicted molar refractivity (Wildman–Crippen MR) is 117 cm³/mol. The number of fused-ring (bicyclic) bond motifs is 1. The Balaban J connectivity index is 1.59. The summed E-state index contributed by atoms with van der Waals surface area (Å²) in [6.45, 7) is 5.47. The number of hydrogen-bond acceptors (Lipinski definition) is 3. The minimum absolute atomic E-state index is 0.0329. The molecule has 1 saturated carbocycles. The summed E-state index contributed by atoms with van der Waals surface area (Å²) in [5, 5.41) is 2.06. The Bertz CT molecular complexity index is 904. The molecule has 2 heterocycles. The first kappa shape index (κ1) is 21.0. The van der Waals surface area contributed by atoms with Gasteiger partial charge in [-0.25, -0.2) is 4.39 Å². The van der Waals surface area contributed by atoms with Crippen LogP contribution < -0.4 is 0 Å². The zero-order chi connectivity index (χ0) is 21.3. The van der Waals surface area contributed by atoms with Gasteiger partial charge in [-0.2, -0.15) is 0 Å². The summed E-state index contributed by atoms with van der Waals surface area (Å²) in [5.41, 5.74) is 2.02. The van der Waals surface area contributed by atoms with Crippen LogP contribution in [-0.4, -0.2) is 41.2 Å². The van der Waals surface area contributed by atoms with Gasteiger partial charge in [-0.1, -0.05) is 32.4 Å². The largest absolute Gasteiger partial charge is 0.333 e. The van der Waals surface area contributed by atoms with Crippen LogP contribution >= 0.6 is 11.3 Å². The molecule has 0 bridgehead atoms. The monoisotopic (exact) mass is 428 g/mol. The zero-order valence-electron chi connectivity index (χ0n) is 17.6. The van der Waals surface area contributed by atoms with Crippen LogP contribution in [0, 0.1) is 17.7 Å². The van der Waals surface area contributed by atoms with E-state index in [-0.39, 0.29) is 36.1 Å². The molecule has 160 valence electrons. The van der Waals surface area contributed by atoms with Crippen LogP contribution in [-0.2, 0) is 16.0 Å². The average molecular weight is 429 g/mol. The van der Waals surface area contributed by atoms with E-state index in [1.54, 1.807) is 28.4 Å². The van der Waals surface area contributed by atoms with Gasteiger partial charge in [-0.05, 0) is 59.9 Å². The van der Waals surface area contributed by atoms with Gasteiger partial charge in [0, 0.05) is 23.9 Å².